The van der Waals surface area contributed by atoms with Crippen LogP contribution in [0.2, 0.25) is 5.02 Å². The van der Waals surface area contributed by atoms with E-state index >= 15 is 0 Å². The zero-order valence-electron chi connectivity index (χ0n) is 8.58. The first-order valence-electron chi connectivity index (χ1n) is 5.00. The minimum atomic E-state index is 0.120. The largest absolute Gasteiger partial charge is 0.337 e. The van der Waals surface area contributed by atoms with Gasteiger partial charge in [0.25, 0.3) is 5.91 Å². The van der Waals surface area contributed by atoms with Gasteiger partial charge in [0.1, 0.15) is 0 Å². The van der Waals surface area contributed by atoms with Gasteiger partial charge in [0, 0.05) is 33.7 Å². The summed E-state index contributed by atoms with van der Waals surface area (Å²) in [5.74, 6) is 2.20. The molecule has 2 nitrogen and oxygen atoms in total. The van der Waals surface area contributed by atoms with Crippen molar-refractivity contribution in [3.05, 3.63) is 32.4 Å². The lowest BCUT2D eigenvalue weighted by atomic mass is 10.2. The first-order chi connectivity index (χ1) is 7.68. The van der Waals surface area contributed by atoms with E-state index in [0.717, 1.165) is 33.7 Å². The number of hydrogen-bond donors (Lipinski definition) is 0. The molecule has 16 heavy (non-hydrogen) atoms. The van der Waals surface area contributed by atoms with E-state index in [2.05, 4.69) is 22.6 Å². The number of amides is 1. The van der Waals surface area contributed by atoms with Gasteiger partial charge in [-0.05, 0) is 40.8 Å². The number of carbonyl (C=O) groups excluding carboxylic acids is 1. The zero-order valence-corrected chi connectivity index (χ0v) is 12.3. The minimum Gasteiger partial charge on any atom is -0.337 e. The third-order valence-corrected chi connectivity index (χ3v) is 4.95. The van der Waals surface area contributed by atoms with Crippen LogP contribution in [0.3, 0.4) is 0 Å². The highest BCUT2D eigenvalue weighted by Gasteiger charge is 2.18. The molecule has 0 saturated carbocycles. The predicted molar refractivity (Wildman–Crippen MR) is 77.4 cm³/mol. The van der Waals surface area contributed by atoms with Crippen molar-refractivity contribution in [3.63, 3.8) is 0 Å². The van der Waals surface area contributed by atoms with Crippen LogP contribution in [0.5, 0.6) is 0 Å². The Hall–Kier alpha value is 0.0600. The van der Waals surface area contributed by atoms with Crippen molar-refractivity contribution in [2.45, 2.75) is 0 Å². The molecule has 5 heteroatoms. The van der Waals surface area contributed by atoms with Crippen molar-refractivity contribution in [1.82, 2.24) is 4.90 Å². The van der Waals surface area contributed by atoms with Crippen LogP contribution in [0.25, 0.3) is 0 Å². The molecule has 1 fully saturated rings. The van der Waals surface area contributed by atoms with Crippen molar-refractivity contribution in [3.8, 4) is 0 Å². The van der Waals surface area contributed by atoms with E-state index in [4.69, 9.17) is 11.6 Å². The Morgan fingerprint density at radius 3 is 2.69 bits per heavy atom. The van der Waals surface area contributed by atoms with E-state index in [1.165, 1.54) is 0 Å². The Morgan fingerprint density at radius 1 is 1.38 bits per heavy atom. The minimum absolute atomic E-state index is 0.120. The number of thioether (sulfide) groups is 1. The molecule has 1 aliphatic rings. The molecule has 1 amide bonds. The highest BCUT2D eigenvalue weighted by atomic mass is 127. The van der Waals surface area contributed by atoms with Crippen LogP contribution < -0.4 is 0 Å². The fourth-order valence-electron chi connectivity index (χ4n) is 1.58. The average molecular weight is 368 g/mol. The second kappa shape index (κ2) is 5.60. The molecule has 0 radical (unpaired) electrons. The molecule has 2 rings (SSSR count). The number of rotatable bonds is 1. The van der Waals surface area contributed by atoms with Gasteiger partial charge in [-0.1, -0.05) is 11.6 Å². The summed E-state index contributed by atoms with van der Waals surface area (Å²) in [6, 6.07) is 5.44. The summed E-state index contributed by atoms with van der Waals surface area (Å²) >= 11 is 9.98. The van der Waals surface area contributed by atoms with E-state index in [1.54, 1.807) is 12.1 Å². The molecule has 0 bridgehead atoms. The first-order valence-corrected chi connectivity index (χ1v) is 7.61. The highest BCUT2D eigenvalue weighted by Crippen LogP contribution is 2.21. The summed E-state index contributed by atoms with van der Waals surface area (Å²) in [7, 11) is 0. The quantitative estimate of drug-likeness (QED) is 0.711. The number of nitrogens with zero attached hydrogens (tertiary/aromatic N) is 1. The van der Waals surface area contributed by atoms with E-state index in [-0.39, 0.29) is 5.91 Å². The number of carbonyl (C=O) groups is 1. The SMILES string of the molecule is O=C(c1ccc(Cl)c(I)c1)N1CCSCC1. The Kier molecular flexibility index (Phi) is 4.38. The number of hydrogen-bond acceptors (Lipinski definition) is 2. The molecule has 1 aromatic carbocycles. The topological polar surface area (TPSA) is 20.3 Å². The van der Waals surface area contributed by atoms with E-state index in [1.807, 2.05) is 22.7 Å². The van der Waals surface area contributed by atoms with Gasteiger partial charge in [-0.3, -0.25) is 4.79 Å². The lowest BCUT2D eigenvalue weighted by Gasteiger charge is -2.26. The summed E-state index contributed by atoms with van der Waals surface area (Å²) in [5.41, 5.74) is 0.737. The predicted octanol–water partition coefficient (Wildman–Crippen LogP) is 3.13. The van der Waals surface area contributed by atoms with E-state index in [0.29, 0.717) is 5.02 Å². The lowest BCUT2D eigenvalue weighted by Crippen LogP contribution is -2.37. The van der Waals surface area contributed by atoms with Gasteiger partial charge in [0.05, 0.1) is 5.02 Å². The van der Waals surface area contributed by atoms with Gasteiger partial charge < -0.3 is 4.90 Å². The van der Waals surface area contributed by atoms with Gasteiger partial charge in [-0.25, -0.2) is 0 Å². The fourth-order valence-corrected chi connectivity index (χ4v) is 3.11. The van der Waals surface area contributed by atoms with Crippen molar-refractivity contribution >= 4 is 51.9 Å². The standard InChI is InChI=1S/C11H11ClINOS/c12-9-2-1-8(7-10(9)13)11(15)14-3-5-16-6-4-14/h1-2,7H,3-6H2. The molecular formula is C11H11ClINOS. The zero-order chi connectivity index (χ0) is 11.5. The smallest absolute Gasteiger partial charge is 0.253 e. The van der Waals surface area contributed by atoms with Crippen LogP contribution in [-0.4, -0.2) is 35.4 Å². The Balaban J connectivity index is 2.16. The Labute approximate surface area is 118 Å². The molecule has 0 aromatic heterocycles. The van der Waals surface area contributed by atoms with Gasteiger partial charge in [0.15, 0.2) is 0 Å². The van der Waals surface area contributed by atoms with Crippen LogP contribution in [0.4, 0.5) is 0 Å². The van der Waals surface area contributed by atoms with Crippen LogP contribution >= 0.6 is 46.0 Å². The number of benzene rings is 1. The van der Waals surface area contributed by atoms with Crippen molar-refractivity contribution in [1.29, 1.82) is 0 Å². The average Bonchev–Trinajstić information content (AvgIpc) is 2.33. The Morgan fingerprint density at radius 2 is 2.06 bits per heavy atom. The molecule has 0 atom stereocenters. The third kappa shape index (κ3) is 2.84. The summed E-state index contributed by atoms with van der Waals surface area (Å²) in [4.78, 5) is 14.0. The summed E-state index contributed by atoms with van der Waals surface area (Å²) in [6.07, 6.45) is 0. The summed E-state index contributed by atoms with van der Waals surface area (Å²) in [5, 5.41) is 0.700. The van der Waals surface area contributed by atoms with Gasteiger partial charge >= 0.3 is 0 Å². The molecule has 0 N–H and O–H groups in total. The molecular weight excluding hydrogens is 357 g/mol. The fraction of sp³-hybridized carbons (Fsp3) is 0.364. The lowest BCUT2D eigenvalue weighted by molar-refractivity contribution is 0.0772. The van der Waals surface area contributed by atoms with E-state index < -0.39 is 0 Å². The summed E-state index contributed by atoms with van der Waals surface area (Å²) in [6.45, 7) is 1.70. The van der Waals surface area contributed by atoms with Crippen LogP contribution in [0.15, 0.2) is 18.2 Å². The van der Waals surface area contributed by atoms with Crippen molar-refractivity contribution in [2.75, 3.05) is 24.6 Å². The molecule has 1 aromatic rings. The van der Waals surface area contributed by atoms with Gasteiger partial charge in [-0.2, -0.15) is 11.8 Å². The molecule has 0 unspecified atom stereocenters. The van der Waals surface area contributed by atoms with E-state index in [9.17, 15) is 4.79 Å². The maximum absolute atomic E-state index is 12.1. The Bertz CT molecular complexity index is 407. The molecule has 1 aliphatic heterocycles. The first kappa shape index (κ1) is 12.5. The van der Waals surface area contributed by atoms with Gasteiger partial charge in [-0.15, -0.1) is 0 Å². The summed E-state index contributed by atoms with van der Waals surface area (Å²) < 4.78 is 0.927. The normalized spacial score (nSPS) is 16.2. The molecule has 0 spiro atoms. The maximum Gasteiger partial charge on any atom is 0.253 e. The molecule has 1 heterocycles. The monoisotopic (exact) mass is 367 g/mol. The maximum atomic E-state index is 12.1. The van der Waals surface area contributed by atoms with Crippen molar-refractivity contribution in [2.24, 2.45) is 0 Å². The highest BCUT2D eigenvalue weighted by molar-refractivity contribution is 14.1. The second-order valence-corrected chi connectivity index (χ2v) is 6.33. The van der Waals surface area contributed by atoms with Crippen LogP contribution in [0.1, 0.15) is 10.4 Å². The second-order valence-electron chi connectivity index (χ2n) is 3.53. The van der Waals surface area contributed by atoms with Crippen molar-refractivity contribution < 1.29 is 4.79 Å². The molecule has 1 saturated heterocycles. The number of halogens is 2. The molecule has 0 aliphatic carbocycles. The van der Waals surface area contributed by atoms with Crippen LogP contribution in [-0.2, 0) is 0 Å². The van der Waals surface area contributed by atoms with Crippen LogP contribution in [0, 0.1) is 3.57 Å². The third-order valence-electron chi connectivity index (χ3n) is 2.46. The van der Waals surface area contributed by atoms with Gasteiger partial charge in [0.2, 0.25) is 0 Å². The molecule has 86 valence electrons.